The van der Waals surface area contributed by atoms with Gasteiger partial charge in [0.15, 0.2) is 0 Å². The van der Waals surface area contributed by atoms with Crippen LogP contribution in [0, 0.1) is 0 Å². The number of fused-ring (bicyclic) bond motifs is 2. The quantitative estimate of drug-likeness (QED) is 0.284. The number of amides is 5. The third kappa shape index (κ3) is 4.70. The number of piperidine rings is 1. The molecular formula is C10H18N5NaO7S. The van der Waals surface area contributed by atoms with E-state index in [9.17, 15) is 22.8 Å². The first-order valence-electron chi connectivity index (χ1n) is 6.64. The molecule has 0 saturated carbocycles. The summed E-state index contributed by atoms with van der Waals surface area (Å²) in [6, 6.07) is -2.85. The molecule has 2 saturated heterocycles. The van der Waals surface area contributed by atoms with Crippen molar-refractivity contribution in [3.8, 4) is 0 Å². The number of rotatable bonds is 3. The SMILES string of the molecule is CN(C)C(=O)NNC(=O)[C@@H]1CC[C@@H]2CN1C(=O)N2OS(=O)(=O)O.[NaH]. The molecule has 0 radical (unpaired) electrons. The Morgan fingerprint density at radius 3 is 2.46 bits per heavy atom. The molecular weight excluding hydrogens is 357 g/mol. The zero-order chi connectivity index (χ0) is 17.4. The fourth-order valence-electron chi connectivity index (χ4n) is 2.41. The summed E-state index contributed by atoms with van der Waals surface area (Å²) in [5, 5.41) is 0.543. The Labute approximate surface area is 160 Å². The Morgan fingerprint density at radius 2 is 1.92 bits per heavy atom. The zero-order valence-corrected chi connectivity index (χ0v) is 13.2. The van der Waals surface area contributed by atoms with E-state index in [-0.39, 0.29) is 42.5 Å². The minimum absolute atomic E-state index is 0. The normalized spacial score (nSPS) is 22.7. The number of nitrogens with zero attached hydrogens (tertiary/aromatic N) is 3. The number of hydrogen-bond donors (Lipinski definition) is 3. The van der Waals surface area contributed by atoms with Gasteiger partial charge in [0, 0.05) is 20.6 Å². The third-order valence-electron chi connectivity index (χ3n) is 3.50. The van der Waals surface area contributed by atoms with Crippen molar-refractivity contribution < 1.29 is 31.6 Å². The van der Waals surface area contributed by atoms with Gasteiger partial charge in [-0.1, -0.05) is 0 Å². The van der Waals surface area contributed by atoms with Crippen LogP contribution >= 0.6 is 0 Å². The van der Waals surface area contributed by atoms with Crippen molar-refractivity contribution in [2.24, 2.45) is 0 Å². The van der Waals surface area contributed by atoms with Gasteiger partial charge in [-0.3, -0.25) is 14.8 Å². The van der Waals surface area contributed by atoms with Gasteiger partial charge in [-0.15, -0.1) is 4.28 Å². The van der Waals surface area contributed by atoms with Crippen LogP contribution in [0.15, 0.2) is 0 Å². The van der Waals surface area contributed by atoms with Crippen molar-refractivity contribution in [2.75, 3.05) is 20.6 Å². The van der Waals surface area contributed by atoms with E-state index < -0.39 is 40.5 Å². The molecule has 0 aromatic heterocycles. The van der Waals surface area contributed by atoms with Gasteiger partial charge in [-0.05, 0) is 12.8 Å². The van der Waals surface area contributed by atoms with Gasteiger partial charge in [0.2, 0.25) is 0 Å². The number of hydrazine groups is 1. The average Bonchev–Trinajstić information content (AvgIpc) is 2.68. The fourth-order valence-corrected chi connectivity index (χ4v) is 2.80. The molecule has 3 N–H and O–H groups in total. The molecule has 14 heteroatoms. The monoisotopic (exact) mass is 375 g/mol. The zero-order valence-electron chi connectivity index (χ0n) is 12.4. The fraction of sp³-hybridized carbons (Fsp3) is 0.700. The standard InChI is InChI=1S/C10H17N5O7S.Na.H/c1-13(2)9(17)12-11-8(16)7-4-3-6-5-14(7)10(18)15(6)22-23(19,20)21;;/h6-7H,3-5H2,1-2H3,(H,11,16)(H,12,17)(H,19,20,21);;/t6-,7+;;/m1../s1. The van der Waals surface area contributed by atoms with Gasteiger partial charge >= 0.3 is 52.0 Å². The van der Waals surface area contributed by atoms with Crippen molar-refractivity contribution in [2.45, 2.75) is 24.9 Å². The summed E-state index contributed by atoms with van der Waals surface area (Å²) in [5.74, 6) is -0.610. The Hall–Kier alpha value is -1.12. The topological polar surface area (TPSA) is 149 Å². The van der Waals surface area contributed by atoms with Gasteiger partial charge < -0.3 is 9.80 Å². The van der Waals surface area contributed by atoms with E-state index >= 15 is 0 Å². The molecule has 0 aliphatic carbocycles. The van der Waals surface area contributed by atoms with Gasteiger partial charge in [-0.2, -0.15) is 13.5 Å². The van der Waals surface area contributed by atoms with Gasteiger partial charge in [0.05, 0.1) is 6.04 Å². The molecule has 0 aromatic carbocycles. The number of carbonyl (C=O) groups is 3. The molecule has 2 rings (SSSR count). The first-order valence-corrected chi connectivity index (χ1v) is 8.00. The summed E-state index contributed by atoms with van der Waals surface area (Å²) < 4.78 is 34.5. The van der Waals surface area contributed by atoms with E-state index in [1.165, 1.54) is 19.0 Å². The predicted molar refractivity (Wildman–Crippen MR) is 80.9 cm³/mol. The minimum atomic E-state index is -4.83. The van der Waals surface area contributed by atoms with Crippen LogP contribution in [0.5, 0.6) is 0 Å². The molecule has 2 bridgehead atoms. The molecule has 0 spiro atoms. The van der Waals surface area contributed by atoms with Crippen molar-refractivity contribution >= 4 is 57.9 Å². The van der Waals surface area contributed by atoms with Crippen molar-refractivity contribution in [1.82, 2.24) is 25.7 Å². The second kappa shape index (κ2) is 7.84. The van der Waals surface area contributed by atoms with Crippen molar-refractivity contribution in [1.29, 1.82) is 0 Å². The summed E-state index contributed by atoms with van der Waals surface area (Å²) >= 11 is 0. The summed E-state index contributed by atoms with van der Waals surface area (Å²) in [4.78, 5) is 37.9. The molecule has 0 aromatic rings. The number of urea groups is 2. The molecule has 5 amide bonds. The summed E-state index contributed by atoms with van der Waals surface area (Å²) in [6.07, 6.45) is 0.558. The van der Waals surface area contributed by atoms with Crippen molar-refractivity contribution in [3.63, 3.8) is 0 Å². The number of nitrogens with one attached hydrogen (secondary N) is 2. The van der Waals surface area contributed by atoms with Gasteiger partial charge in [0.25, 0.3) is 5.91 Å². The molecule has 24 heavy (non-hydrogen) atoms. The number of hydroxylamine groups is 2. The third-order valence-corrected chi connectivity index (χ3v) is 3.85. The first kappa shape index (κ1) is 20.9. The predicted octanol–water partition coefficient (Wildman–Crippen LogP) is -2.36. The summed E-state index contributed by atoms with van der Waals surface area (Å²) in [5.41, 5.74) is 4.37. The number of carbonyl (C=O) groups excluding carboxylic acids is 3. The molecule has 0 unspecified atom stereocenters. The van der Waals surface area contributed by atoms with E-state index in [0.29, 0.717) is 11.5 Å². The molecule has 2 fully saturated rings. The Bertz CT molecular complexity index is 627. The van der Waals surface area contributed by atoms with Crippen LogP contribution in [-0.2, 0) is 19.5 Å². The van der Waals surface area contributed by atoms with Crippen LogP contribution in [-0.4, -0.2) is 108 Å². The number of hydrogen-bond acceptors (Lipinski definition) is 6. The van der Waals surface area contributed by atoms with Crippen LogP contribution in [0.25, 0.3) is 0 Å². The van der Waals surface area contributed by atoms with E-state index in [1.54, 1.807) is 0 Å². The van der Waals surface area contributed by atoms with E-state index in [0.717, 1.165) is 4.90 Å². The maximum atomic E-state index is 12.1. The van der Waals surface area contributed by atoms with Crippen LogP contribution in [0.2, 0.25) is 0 Å². The van der Waals surface area contributed by atoms with Crippen LogP contribution in [0.3, 0.4) is 0 Å². The van der Waals surface area contributed by atoms with E-state index in [1.807, 2.05) is 0 Å². The average molecular weight is 375 g/mol. The van der Waals surface area contributed by atoms with Crippen LogP contribution < -0.4 is 10.9 Å². The second-order valence-corrected chi connectivity index (χ2v) is 6.33. The summed E-state index contributed by atoms with van der Waals surface area (Å²) in [6.45, 7) is 0.0774. The van der Waals surface area contributed by atoms with Gasteiger partial charge in [0.1, 0.15) is 6.04 Å². The maximum absolute atomic E-state index is 12.1. The molecule has 2 aliphatic heterocycles. The van der Waals surface area contributed by atoms with Crippen LogP contribution in [0.4, 0.5) is 9.59 Å². The molecule has 12 nitrogen and oxygen atoms in total. The molecule has 132 valence electrons. The van der Waals surface area contributed by atoms with E-state index in [2.05, 4.69) is 15.1 Å². The molecule has 2 atom stereocenters. The Morgan fingerprint density at radius 1 is 1.29 bits per heavy atom. The molecule has 2 heterocycles. The van der Waals surface area contributed by atoms with Crippen LogP contribution in [0.1, 0.15) is 12.8 Å². The Balaban J connectivity index is 0.00000288. The Kier molecular flexibility index (Phi) is 6.84. The second-order valence-electron chi connectivity index (χ2n) is 5.32. The summed E-state index contributed by atoms with van der Waals surface area (Å²) in [7, 11) is -1.86. The van der Waals surface area contributed by atoms with Crippen molar-refractivity contribution in [3.05, 3.63) is 0 Å². The van der Waals surface area contributed by atoms with Gasteiger partial charge in [-0.25, -0.2) is 15.0 Å². The first-order chi connectivity index (χ1) is 10.6. The van der Waals surface area contributed by atoms with E-state index in [4.69, 9.17) is 4.55 Å². The molecule has 2 aliphatic rings.